The summed E-state index contributed by atoms with van der Waals surface area (Å²) in [6, 6.07) is 54.9. The van der Waals surface area contributed by atoms with Crippen LogP contribution >= 0.6 is 11.3 Å². The van der Waals surface area contributed by atoms with Gasteiger partial charge in [-0.2, -0.15) is 5.26 Å². The number of thiophene rings is 1. The number of nitriles is 1. The second-order valence-electron chi connectivity index (χ2n) is 14.9. The van der Waals surface area contributed by atoms with E-state index in [4.69, 9.17) is 19.9 Å². The summed E-state index contributed by atoms with van der Waals surface area (Å²) in [6.07, 6.45) is 0. The third kappa shape index (κ3) is 4.91. The molecule has 1 aliphatic carbocycles. The number of nitrogens with zero attached hydrogens (tertiary/aromatic N) is 5. The van der Waals surface area contributed by atoms with Crippen molar-refractivity contribution < 1.29 is 0 Å². The zero-order valence-corrected chi connectivity index (χ0v) is 31.4. The Morgan fingerprint density at radius 2 is 1.14 bits per heavy atom. The monoisotopic (exact) mass is 733 g/mol. The highest BCUT2D eigenvalue weighted by Gasteiger charge is 2.35. The molecule has 0 aliphatic heterocycles. The van der Waals surface area contributed by atoms with E-state index in [9.17, 15) is 5.26 Å². The molecule has 0 spiro atoms. The van der Waals surface area contributed by atoms with Crippen LogP contribution in [0, 0.1) is 11.3 Å². The molecule has 0 bridgehead atoms. The van der Waals surface area contributed by atoms with Gasteiger partial charge in [0.15, 0.2) is 17.5 Å². The number of hydrogen-bond donors (Lipinski definition) is 0. The second-order valence-corrected chi connectivity index (χ2v) is 16.0. The van der Waals surface area contributed by atoms with Gasteiger partial charge in [-0.3, -0.25) is 0 Å². The lowest BCUT2D eigenvalue weighted by Crippen LogP contribution is -2.14. The van der Waals surface area contributed by atoms with Crippen LogP contribution in [0.1, 0.15) is 30.5 Å². The molecule has 0 saturated carbocycles. The van der Waals surface area contributed by atoms with Crippen molar-refractivity contribution in [3.63, 3.8) is 0 Å². The van der Waals surface area contributed by atoms with Gasteiger partial charge in [0.2, 0.25) is 0 Å². The van der Waals surface area contributed by atoms with Gasteiger partial charge in [0.25, 0.3) is 0 Å². The molecule has 0 radical (unpaired) electrons. The Hall–Kier alpha value is -7.07. The molecule has 0 saturated heterocycles. The maximum Gasteiger partial charge on any atom is 0.164 e. The average Bonchev–Trinajstić information content (AvgIpc) is 3.75. The van der Waals surface area contributed by atoms with E-state index in [1.807, 2.05) is 41.7 Å². The average molecular weight is 734 g/mol. The summed E-state index contributed by atoms with van der Waals surface area (Å²) in [7, 11) is 0. The SMILES string of the molecule is CC1(C)c2ccccc2-c2cc(-c3nc(-c4ccc(C#N)cc4)nc(-c4ccc5nc(-c6ccccc6)c6ccc7sc8ccccc8c7c6c5c4)n3)ccc21. The number of pyridine rings is 1. The summed E-state index contributed by atoms with van der Waals surface area (Å²) in [6.45, 7) is 4.57. The summed E-state index contributed by atoms with van der Waals surface area (Å²) in [5.74, 6) is 1.71. The van der Waals surface area contributed by atoms with Crippen molar-refractivity contribution in [3.8, 4) is 62.6 Å². The topological polar surface area (TPSA) is 75.3 Å². The van der Waals surface area contributed by atoms with Crippen LogP contribution in [0.15, 0.2) is 152 Å². The molecular weight excluding hydrogens is 703 g/mol. The highest BCUT2D eigenvalue weighted by Crippen LogP contribution is 2.49. The smallest absolute Gasteiger partial charge is 0.164 e. The molecule has 1 aliphatic rings. The van der Waals surface area contributed by atoms with Gasteiger partial charge in [-0.1, -0.05) is 105 Å². The van der Waals surface area contributed by atoms with Crippen molar-refractivity contribution in [3.05, 3.63) is 168 Å². The molecule has 10 aromatic rings. The Balaban J connectivity index is 1.17. The van der Waals surface area contributed by atoms with E-state index in [1.54, 1.807) is 0 Å². The minimum absolute atomic E-state index is 0.107. The van der Waals surface area contributed by atoms with Gasteiger partial charge in [0, 0.05) is 64.0 Å². The molecule has 3 heterocycles. The van der Waals surface area contributed by atoms with E-state index < -0.39 is 0 Å². The van der Waals surface area contributed by atoms with Crippen molar-refractivity contribution in [2.75, 3.05) is 0 Å². The number of rotatable bonds is 4. The van der Waals surface area contributed by atoms with Crippen LogP contribution in [0.5, 0.6) is 0 Å². The van der Waals surface area contributed by atoms with E-state index in [1.165, 1.54) is 47.8 Å². The molecule has 0 unspecified atom stereocenters. The third-order valence-electron chi connectivity index (χ3n) is 11.4. The van der Waals surface area contributed by atoms with Crippen LogP contribution in [0.4, 0.5) is 0 Å². The Morgan fingerprint density at radius 3 is 1.95 bits per heavy atom. The van der Waals surface area contributed by atoms with E-state index in [-0.39, 0.29) is 5.41 Å². The number of aromatic nitrogens is 4. The fraction of sp³-hybridized carbons (Fsp3) is 0.0600. The molecule has 262 valence electrons. The molecule has 11 rings (SSSR count). The van der Waals surface area contributed by atoms with Crippen LogP contribution in [0.3, 0.4) is 0 Å². The highest BCUT2D eigenvalue weighted by atomic mass is 32.1. The normalized spacial score (nSPS) is 12.9. The van der Waals surface area contributed by atoms with Crippen LogP contribution in [-0.2, 0) is 5.41 Å². The molecular formula is C50H31N5S. The summed E-state index contributed by atoms with van der Waals surface area (Å²) in [5, 5.41) is 15.3. The highest BCUT2D eigenvalue weighted by molar-refractivity contribution is 7.26. The minimum atomic E-state index is -0.107. The fourth-order valence-electron chi connectivity index (χ4n) is 8.58. The first-order valence-electron chi connectivity index (χ1n) is 18.7. The van der Waals surface area contributed by atoms with Gasteiger partial charge < -0.3 is 0 Å². The van der Waals surface area contributed by atoms with Gasteiger partial charge in [0.05, 0.1) is 22.8 Å². The molecule has 0 fully saturated rings. The molecule has 7 aromatic carbocycles. The number of benzene rings is 7. The predicted octanol–water partition coefficient (Wildman–Crippen LogP) is 12.8. The van der Waals surface area contributed by atoms with Crippen molar-refractivity contribution >= 4 is 53.2 Å². The maximum atomic E-state index is 9.53. The summed E-state index contributed by atoms with van der Waals surface area (Å²) < 4.78 is 2.49. The first-order valence-corrected chi connectivity index (χ1v) is 19.5. The molecule has 0 N–H and O–H groups in total. The zero-order chi connectivity index (χ0) is 37.5. The zero-order valence-electron chi connectivity index (χ0n) is 30.6. The Morgan fingerprint density at radius 1 is 0.482 bits per heavy atom. The summed E-state index contributed by atoms with van der Waals surface area (Å²) in [4.78, 5) is 20.7. The predicted molar refractivity (Wildman–Crippen MR) is 230 cm³/mol. The lowest BCUT2D eigenvalue weighted by atomic mass is 9.82. The second kappa shape index (κ2) is 12.2. The van der Waals surface area contributed by atoms with Crippen LogP contribution in [-0.4, -0.2) is 19.9 Å². The molecule has 3 aromatic heterocycles. The third-order valence-corrected chi connectivity index (χ3v) is 12.5. The number of fused-ring (bicyclic) bond motifs is 10. The maximum absolute atomic E-state index is 9.53. The van der Waals surface area contributed by atoms with Crippen LogP contribution in [0.25, 0.3) is 98.4 Å². The standard InChI is InChI=1S/C50H31N5S/c1-50(2)39-14-8-6-12-34(39)37-26-32(20-23-40(37)50)48-53-47(31-18-16-29(28-51)17-19-31)54-49(55-48)33-21-24-41-38(27-33)44-36(46(52-41)30-10-4-3-5-11-30)22-25-43-45(44)35-13-7-9-15-42(35)56-43/h3-27H,1-2H3. The van der Waals surface area contributed by atoms with Crippen molar-refractivity contribution in [1.82, 2.24) is 19.9 Å². The number of hydrogen-bond acceptors (Lipinski definition) is 6. The van der Waals surface area contributed by atoms with Gasteiger partial charge in [-0.15, -0.1) is 11.3 Å². The molecule has 5 nitrogen and oxygen atoms in total. The van der Waals surface area contributed by atoms with Crippen molar-refractivity contribution in [2.45, 2.75) is 19.3 Å². The molecule has 0 amide bonds. The Bertz CT molecular complexity index is 3280. The quantitative estimate of drug-likeness (QED) is 0.168. The van der Waals surface area contributed by atoms with Gasteiger partial charge in [0.1, 0.15) is 0 Å². The Kier molecular flexibility index (Phi) is 7.07. The van der Waals surface area contributed by atoms with Gasteiger partial charge >= 0.3 is 0 Å². The van der Waals surface area contributed by atoms with Crippen molar-refractivity contribution in [1.29, 1.82) is 5.26 Å². The first-order chi connectivity index (χ1) is 27.4. The fourth-order valence-corrected chi connectivity index (χ4v) is 9.69. The Labute approximate surface area is 327 Å². The van der Waals surface area contributed by atoms with Crippen LogP contribution < -0.4 is 0 Å². The summed E-state index contributed by atoms with van der Waals surface area (Å²) >= 11 is 1.82. The molecule has 6 heteroatoms. The van der Waals surface area contributed by atoms with E-state index in [2.05, 4.69) is 141 Å². The molecule has 0 atom stereocenters. The van der Waals surface area contributed by atoms with Gasteiger partial charge in [-0.25, -0.2) is 19.9 Å². The molecule has 56 heavy (non-hydrogen) atoms. The van der Waals surface area contributed by atoms with Crippen molar-refractivity contribution in [2.24, 2.45) is 0 Å². The van der Waals surface area contributed by atoms with E-state index >= 15 is 0 Å². The van der Waals surface area contributed by atoms with E-state index in [0.29, 0.717) is 23.0 Å². The van der Waals surface area contributed by atoms with Crippen LogP contribution in [0.2, 0.25) is 0 Å². The largest absolute Gasteiger partial charge is 0.247 e. The lowest BCUT2D eigenvalue weighted by molar-refractivity contribution is 0.660. The lowest BCUT2D eigenvalue weighted by Gasteiger charge is -2.21. The van der Waals surface area contributed by atoms with E-state index in [0.717, 1.165) is 44.2 Å². The first kappa shape index (κ1) is 32.4. The summed E-state index contributed by atoms with van der Waals surface area (Å²) in [5.41, 5.74) is 11.1. The minimum Gasteiger partial charge on any atom is -0.247 e. The van der Waals surface area contributed by atoms with Gasteiger partial charge in [-0.05, 0) is 82.9 Å².